The summed E-state index contributed by atoms with van der Waals surface area (Å²) in [4.78, 5) is 4.97. The second kappa shape index (κ2) is 6.58. The summed E-state index contributed by atoms with van der Waals surface area (Å²) < 4.78 is 0. The van der Waals surface area contributed by atoms with Gasteiger partial charge < -0.3 is 10.2 Å². The molecule has 1 aliphatic heterocycles. The van der Waals surface area contributed by atoms with Crippen molar-refractivity contribution in [2.24, 2.45) is 5.92 Å². The maximum absolute atomic E-state index is 3.72. The van der Waals surface area contributed by atoms with Gasteiger partial charge in [0.15, 0.2) is 0 Å². The molecule has 1 N–H and O–H groups in total. The van der Waals surface area contributed by atoms with Crippen LogP contribution in [0.2, 0.25) is 0 Å². The molecule has 0 aromatic heterocycles. The average molecular weight is 227 g/mol. The van der Waals surface area contributed by atoms with Crippen LogP contribution in [-0.2, 0) is 0 Å². The van der Waals surface area contributed by atoms with Crippen LogP contribution >= 0.6 is 0 Å². The molecule has 3 nitrogen and oxygen atoms in total. The van der Waals surface area contributed by atoms with E-state index in [4.69, 9.17) is 0 Å². The summed E-state index contributed by atoms with van der Waals surface area (Å²) in [5.41, 5.74) is 0. The van der Waals surface area contributed by atoms with E-state index in [0.29, 0.717) is 18.0 Å². The average Bonchev–Trinajstić information content (AvgIpc) is 2.23. The van der Waals surface area contributed by atoms with Crippen LogP contribution in [0, 0.1) is 5.92 Å². The molecular weight excluding hydrogens is 198 g/mol. The first-order chi connectivity index (χ1) is 7.56. The van der Waals surface area contributed by atoms with Gasteiger partial charge in [-0.1, -0.05) is 20.8 Å². The fraction of sp³-hybridized carbons (Fsp3) is 1.00. The summed E-state index contributed by atoms with van der Waals surface area (Å²) in [6.45, 7) is 11.6. The Balaban J connectivity index is 2.59. The van der Waals surface area contributed by atoms with Crippen LogP contribution in [0.1, 0.15) is 27.2 Å². The minimum atomic E-state index is 0.618. The van der Waals surface area contributed by atoms with Crippen molar-refractivity contribution in [1.29, 1.82) is 0 Å². The second-order valence-electron chi connectivity index (χ2n) is 5.53. The zero-order valence-corrected chi connectivity index (χ0v) is 11.7. The summed E-state index contributed by atoms with van der Waals surface area (Å²) in [7, 11) is 4.50. The Kier molecular flexibility index (Phi) is 5.73. The topological polar surface area (TPSA) is 18.5 Å². The number of likely N-dealkylation sites (N-methyl/N-ethyl adjacent to an activating group) is 2. The third-order valence-electron chi connectivity index (χ3n) is 3.66. The van der Waals surface area contributed by atoms with Gasteiger partial charge in [-0.2, -0.15) is 0 Å². The minimum Gasteiger partial charge on any atom is -0.312 e. The zero-order valence-electron chi connectivity index (χ0n) is 11.7. The molecular formula is C13H29N3. The van der Waals surface area contributed by atoms with Crippen LogP contribution in [0.15, 0.2) is 0 Å². The van der Waals surface area contributed by atoms with Crippen molar-refractivity contribution in [3.8, 4) is 0 Å². The van der Waals surface area contributed by atoms with E-state index < -0.39 is 0 Å². The number of nitrogens with zero attached hydrogens (tertiary/aromatic N) is 2. The molecule has 0 amide bonds. The molecule has 0 spiro atoms. The summed E-state index contributed by atoms with van der Waals surface area (Å²) in [6, 6.07) is 1.28. The van der Waals surface area contributed by atoms with Gasteiger partial charge in [-0.05, 0) is 33.0 Å². The molecule has 0 aromatic rings. The molecule has 1 aliphatic rings. The van der Waals surface area contributed by atoms with E-state index in [1.807, 2.05) is 0 Å². The van der Waals surface area contributed by atoms with E-state index >= 15 is 0 Å². The second-order valence-corrected chi connectivity index (χ2v) is 5.53. The molecule has 1 fully saturated rings. The van der Waals surface area contributed by atoms with Crippen LogP contribution in [0.3, 0.4) is 0 Å². The van der Waals surface area contributed by atoms with Gasteiger partial charge in [-0.3, -0.25) is 4.90 Å². The normalized spacial score (nSPS) is 26.2. The Morgan fingerprint density at radius 2 is 1.94 bits per heavy atom. The molecule has 0 bridgehead atoms. The van der Waals surface area contributed by atoms with Gasteiger partial charge in [-0.15, -0.1) is 0 Å². The van der Waals surface area contributed by atoms with Crippen molar-refractivity contribution >= 4 is 0 Å². The molecule has 0 aliphatic carbocycles. The van der Waals surface area contributed by atoms with Crippen molar-refractivity contribution in [2.45, 2.75) is 39.3 Å². The van der Waals surface area contributed by atoms with Gasteiger partial charge in [0.25, 0.3) is 0 Å². The minimum absolute atomic E-state index is 0.618. The Bertz CT molecular complexity index is 194. The fourth-order valence-electron chi connectivity index (χ4n) is 2.56. The van der Waals surface area contributed by atoms with Crippen LogP contribution in [0.4, 0.5) is 0 Å². The molecule has 1 saturated heterocycles. The fourth-order valence-corrected chi connectivity index (χ4v) is 2.56. The third kappa shape index (κ3) is 3.72. The molecule has 0 aromatic carbocycles. The van der Waals surface area contributed by atoms with Gasteiger partial charge in [-0.25, -0.2) is 0 Å². The number of hydrogen-bond acceptors (Lipinski definition) is 3. The van der Waals surface area contributed by atoms with Crippen LogP contribution < -0.4 is 5.32 Å². The molecule has 16 heavy (non-hydrogen) atoms. The highest BCUT2D eigenvalue weighted by Gasteiger charge is 2.30. The Labute approximate surface area is 101 Å². The standard InChI is InChI=1S/C13H29N3/c1-6-7-14-13(11(2)3)12-10-15(4)8-9-16(12)5/h11-14H,6-10H2,1-5H3. The summed E-state index contributed by atoms with van der Waals surface area (Å²) >= 11 is 0. The number of nitrogens with one attached hydrogen (secondary N) is 1. The van der Waals surface area contributed by atoms with Gasteiger partial charge in [0.1, 0.15) is 0 Å². The van der Waals surface area contributed by atoms with Crippen molar-refractivity contribution in [2.75, 3.05) is 40.3 Å². The van der Waals surface area contributed by atoms with Gasteiger partial charge in [0, 0.05) is 31.7 Å². The van der Waals surface area contributed by atoms with E-state index in [1.165, 1.54) is 26.1 Å². The molecule has 3 heteroatoms. The predicted molar refractivity (Wildman–Crippen MR) is 70.8 cm³/mol. The molecule has 0 radical (unpaired) electrons. The highest BCUT2D eigenvalue weighted by atomic mass is 15.3. The van der Waals surface area contributed by atoms with Crippen LogP contribution in [-0.4, -0.2) is 62.2 Å². The summed E-state index contributed by atoms with van der Waals surface area (Å²) in [6.07, 6.45) is 1.22. The molecule has 1 rings (SSSR count). The van der Waals surface area contributed by atoms with Gasteiger partial charge in [0.2, 0.25) is 0 Å². The van der Waals surface area contributed by atoms with E-state index in [2.05, 4.69) is 50.0 Å². The number of piperazine rings is 1. The smallest absolute Gasteiger partial charge is 0.0376 e. The lowest BCUT2D eigenvalue weighted by atomic mass is 9.93. The SMILES string of the molecule is CCCNC(C(C)C)C1CN(C)CCN1C. The largest absolute Gasteiger partial charge is 0.312 e. The van der Waals surface area contributed by atoms with E-state index in [0.717, 1.165) is 6.54 Å². The van der Waals surface area contributed by atoms with Crippen molar-refractivity contribution in [3.05, 3.63) is 0 Å². The third-order valence-corrected chi connectivity index (χ3v) is 3.66. The molecule has 2 atom stereocenters. The lowest BCUT2D eigenvalue weighted by molar-refractivity contribution is 0.0747. The molecule has 2 unspecified atom stereocenters. The number of hydrogen-bond donors (Lipinski definition) is 1. The lowest BCUT2D eigenvalue weighted by Gasteiger charge is -2.43. The van der Waals surface area contributed by atoms with E-state index in [-0.39, 0.29) is 0 Å². The molecule has 1 heterocycles. The predicted octanol–water partition coefficient (Wildman–Crippen LogP) is 1.26. The Morgan fingerprint density at radius 1 is 1.25 bits per heavy atom. The van der Waals surface area contributed by atoms with Crippen molar-refractivity contribution < 1.29 is 0 Å². The van der Waals surface area contributed by atoms with Crippen molar-refractivity contribution in [1.82, 2.24) is 15.1 Å². The zero-order chi connectivity index (χ0) is 12.1. The maximum atomic E-state index is 3.72. The van der Waals surface area contributed by atoms with Crippen molar-refractivity contribution in [3.63, 3.8) is 0 Å². The Hall–Kier alpha value is -0.120. The molecule has 96 valence electrons. The maximum Gasteiger partial charge on any atom is 0.0376 e. The first kappa shape index (κ1) is 13.9. The van der Waals surface area contributed by atoms with Gasteiger partial charge in [0.05, 0.1) is 0 Å². The van der Waals surface area contributed by atoms with Gasteiger partial charge >= 0.3 is 0 Å². The highest BCUT2D eigenvalue weighted by molar-refractivity contribution is 4.90. The summed E-state index contributed by atoms with van der Waals surface area (Å²) in [5, 5.41) is 3.72. The van der Waals surface area contributed by atoms with E-state index in [9.17, 15) is 0 Å². The highest BCUT2D eigenvalue weighted by Crippen LogP contribution is 2.16. The lowest BCUT2D eigenvalue weighted by Crippen LogP contribution is -2.60. The number of rotatable bonds is 5. The summed E-state index contributed by atoms with van der Waals surface area (Å²) in [5.74, 6) is 0.700. The Morgan fingerprint density at radius 3 is 2.50 bits per heavy atom. The quantitative estimate of drug-likeness (QED) is 0.763. The molecule has 0 saturated carbocycles. The first-order valence-electron chi connectivity index (χ1n) is 6.68. The van der Waals surface area contributed by atoms with Crippen LogP contribution in [0.5, 0.6) is 0 Å². The van der Waals surface area contributed by atoms with Crippen LogP contribution in [0.25, 0.3) is 0 Å². The van der Waals surface area contributed by atoms with E-state index in [1.54, 1.807) is 0 Å². The monoisotopic (exact) mass is 227 g/mol. The first-order valence-corrected chi connectivity index (χ1v) is 6.68.